The van der Waals surface area contributed by atoms with Crippen molar-refractivity contribution in [3.8, 4) is 0 Å². The van der Waals surface area contributed by atoms with Crippen molar-refractivity contribution >= 4 is 23.4 Å². The number of alkyl halides is 1. The van der Waals surface area contributed by atoms with Crippen LogP contribution in [0.5, 0.6) is 0 Å². The molecule has 1 rings (SSSR count). The van der Waals surface area contributed by atoms with Gasteiger partial charge in [-0.3, -0.25) is 9.59 Å². The molecule has 1 atom stereocenters. The zero-order valence-corrected chi connectivity index (χ0v) is 10.9. The summed E-state index contributed by atoms with van der Waals surface area (Å²) in [5, 5.41) is -0.604. The normalized spacial score (nSPS) is 12.0. The van der Waals surface area contributed by atoms with Gasteiger partial charge in [0.15, 0.2) is 5.78 Å². The minimum Gasteiger partial charge on any atom is -0.469 e. The molecule has 0 aliphatic carbocycles. The van der Waals surface area contributed by atoms with E-state index in [-0.39, 0.29) is 18.2 Å². The van der Waals surface area contributed by atoms with Gasteiger partial charge in [-0.15, -0.1) is 11.6 Å². The lowest BCUT2D eigenvalue weighted by molar-refractivity contribution is -0.139. The summed E-state index contributed by atoms with van der Waals surface area (Å²) >= 11 is 5.79. The number of carbonyl (C=O) groups excluding carboxylic acids is 2. The van der Waals surface area contributed by atoms with E-state index < -0.39 is 5.38 Å². The van der Waals surface area contributed by atoms with Crippen molar-refractivity contribution in [1.29, 1.82) is 0 Å². The molecule has 0 aliphatic rings. The summed E-state index contributed by atoms with van der Waals surface area (Å²) in [5.74, 6) is -0.542. The first-order valence-electron chi connectivity index (χ1n) is 5.30. The molecule has 1 aromatic carbocycles. The van der Waals surface area contributed by atoms with Crippen molar-refractivity contribution in [1.82, 2.24) is 0 Å². The summed E-state index contributed by atoms with van der Waals surface area (Å²) in [6, 6.07) is 5.37. The van der Waals surface area contributed by atoms with Crippen LogP contribution < -0.4 is 0 Å². The van der Waals surface area contributed by atoms with E-state index in [0.29, 0.717) is 11.1 Å². The van der Waals surface area contributed by atoms with Crippen molar-refractivity contribution in [2.45, 2.75) is 25.6 Å². The Bertz CT molecular complexity index is 438. The van der Waals surface area contributed by atoms with Gasteiger partial charge in [-0.1, -0.05) is 17.7 Å². The molecule has 4 heteroatoms. The average molecular weight is 255 g/mol. The van der Waals surface area contributed by atoms with Crippen molar-refractivity contribution in [3.05, 3.63) is 34.9 Å². The van der Waals surface area contributed by atoms with Crippen LogP contribution in [0.25, 0.3) is 0 Å². The van der Waals surface area contributed by atoms with Crippen molar-refractivity contribution in [2.75, 3.05) is 7.11 Å². The number of methoxy groups -OCH3 is 1. The van der Waals surface area contributed by atoms with Crippen molar-refractivity contribution in [2.24, 2.45) is 0 Å². The van der Waals surface area contributed by atoms with Gasteiger partial charge in [0.1, 0.15) is 0 Å². The molecule has 0 saturated carbocycles. The standard InChI is InChI=1S/C13H15ClO3/c1-8-4-5-10(7-12(15)17-3)11(6-8)13(16)9(2)14/h4-6,9H,7H2,1-3H3. The molecule has 3 nitrogen and oxygen atoms in total. The molecule has 0 amide bonds. The Labute approximate surface area is 106 Å². The molecule has 0 fully saturated rings. The highest BCUT2D eigenvalue weighted by molar-refractivity contribution is 6.33. The number of hydrogen-bond donors (Lipinski definition) is 0. The number of Topliss-reactive ketones (excluding diaryl/α,β-unsaturated/α-hetero) is 1. The summed E-state index contributed by atoms with van der Waals surface area (Å²) in [4.78, 5) is 23.1. The van der Waals surface area contributed by atoms with Crippen LogP contribution in [0.2, 0.25) is 0 Å². The van der Waals surface area contributed by atoms with Gasteiger partial charge in [0.05, 0.1) is 18.9 Å². The summed E-state index contributed by atoms with van der Waals surface area (Å²) in [6.07, 6.45) is 0.0848. The monoisotopic (exact) mass is 254 g/mol. The lowest BCUT2D eigenvalue weighted by Crippen LogP contribution is -2.15. The molecule has 17 heavy (non-hydrogen) atoms. The van der Waals surface area contributed by atoms with E-state index in [0.717, 1.165) is 5.56 Å². The first-order valence-corrected chi connectivity index (χ1v) is 5.74. The molecule has 1 aromatic rings. The van der Waals surface area contributed by atoms with Crippen LogP contribution in [0.4, 0.5) is 0 Å². The Morgan fingerprint density at radius 1 is 1.41 bits per heavy atom. The van der Waals surface area contributed by atoms with Gasteiger partial charge in [-0.25, -0.2) is 0 Å². The van der Waals surface area contributed by atoms with E-state index in [4.69, 9.17) is 11.6 Å². The highest BCUT2D eigenvalue weighted by atomic mass is 35.5. The minimum absolute atomic E-state index is 0.0848. The maximum Gasteiger partial charge on any atom is 0.310 e. The third-order valence-corrected chi connectivity index (χ3v) is 2.65. The third-order valence-electron chi connectivity index (χ3n) is 2.45. The minimum atomic E-state index is -0.604. The van der Waals surface area contributed by atoms with E-state index in [1.165, 1.54) is 7.11 Å². The Kier molecular flexibility index (Phi) is 4.70. The van der Waals surface area contributed by atoms with E-state index in [1.54, 1.807) is 19.1 Å². The molecule has 0 aliphatic heterocycles. The van der Waals surface area contributed by atoms with Crippen LogP contribution in [-0.4, -0.2) is 24.2 Å². The molecule has 0 spiro atoms. The molecule has 0 aromatic heterocycles. The zero-order chi connectivity index (χ0) is 13.0. The van der Waals surface area contributed by atoms with E-state index in [9.17, 15) is 9.59 Å². The summed E-state index contributed by atoms with van der Waals surface area (Å²) in [5.41, 5.74) is 2.11. The number of ketones is 1. The fourth-order valence-electron chi connectivity index (χ4n) is 1.52. The second-order valence-electron chi connectivity index (χ2n) is 3.89. The molecule has 0 N–H and O–H groups in total. The van der Waals surface area contributed by atoms with Crippen LogP contribution in [-0.2, 0) is 16.0 Å². The van der Waals surface area contributed by atoms with E-state index in [1.807, 2.05) is 13.0 Å². The van der Waals surface area contributed by atoms with Crippen LogP contribution >= 0.6 is 11.6 Å². The first-order chi connectivity index (χ1) is 7.95. The number of rotatable bonds is 4. The summed E-state index contributed by atoms with van der Waals surface area (Å²) in [7, 11) is 1.32. The fraction of sp³-hybridized carbons (Fsp3) is 0.385. The van der Waals surface area contributed by atoms with Crippen LogP contribution in [0.15, 0.2) is 18.2 Å². The highest BCUT2D eigenvalue weighted by Crippen LogP contribution is 2.17. The molecule has 0 bridgehead atoms. The topological polar surface area (TPSA) is 43.4 Å². The van der Waals surface area contributed by atoms with E-state index >= 15 is 0 Å². The number of esters is 1. The number of aryl methyl sites for hydroxylation is 1. The summed E-state index contributed by atoms with van der Waals surface area (Å²) in [6.45, 7) is 3.51. The molecular weight excluding hydrogens is 240 g/mol. The van der Waals surface area contributed by atoms with Gasteiger partial charge in [-0.2, -0.15) is 0 Å². The number of benzene rings is 1. The number of ether oxygens (including phenoxy) is 1. The predicted octanol–water partition coefficient (Wildman–Crippen LogP) is 2.52. The number of halogens is 1. The largest absolute Gasteiger partial charge is 0.469 e. The molecular formula is C13H15ClO3. The maximum absolute atomic E-state index is 11.9. The Morgan fingerprint density at radius 2 is 2.06 bits per heavy atom. The number of hydrogen-bond acceptors (Lipinski definition) is 3. The highest BCUT2D eigenvalue weighted by Gasteiger charge is 2.18. The Hall–Kier alpha value is -1.35. The molecule has 0 heterocycles. The second-order valence-corrected chi connectivity index (χ2v) is 4.55. The SMILES string of the molecule is COC(=O)Cc1ccc(C)cc1C(=O)C(C)Cl. The quantitative estimate of drug-likeness (QED) is 0.471. The lowest BCUT2D eigenvalue weighted by atomic mass is 9.97. The average Bonchev–Trinajstić information content (AvgIpc) is 2.30. The van der Waals surface area contributed by atoms with Gasteiger partial charge in [-0.05, 0) is 25.5 Å². The molecule has 0 saturated heterocycles. The maximum atomic E-state index is 11.9. The van der Waals surface area contributed by atoms with Gasteiger partial charge < -0.3 is 4.74 Å². The van der Waals surface area contributed by atoms with Gasteiger partial charge in [0.2, 0.25) is 0 Å². The van der Waals surface area contributed by atoms with Crippen LogP contribution in [0, 0.1) is 6.92 Å². The Morgan fingerprint density at radius 3 is 2.59 bits per heavy atom. The smallest absolute Gasteiger partial charge is 0.310 e. The predicted molar refractivity (Wildman–Crippen MR) is 66.5 cm³/mol. The van der Waals surface area contributed by atoms with Gasteiger partial charge in [0, 0.05) is 5.56 Å². The molecule has 0 radical (unpaired) electrons. The zero-order valence-electron chi connectivity index (χ0n) is 10.1. The molecule has 1 unspecified atom stereocenters. The van der Waals surface area contributed by atoms with Crippen LogP contribution in [0.1, 0.15) is 28.4 Å². The van der Waals surface area contributed by atoms with E-state index in [2.05, 4.69) is 4.74 Å². The summed E-state index contributed by atoms with van der Waals surface area (Å²) < 4.78 is 4.60. The first kappa shape index (κ1) is 13.7. The Balaban J connectivity index is 3.12. The van der Waals surface area contributed by atoms with Gasteiger partial charge in [0.25, 0.3) is 0 Å². The fourth-order valence-corrected chi connectivity index (χ4v) is 1.63. The van der Waals surface area contributed by atoms with Gasteiger partial charge >= 0.3 is 5.97 Å². The second kappa shape index (κ2) is 5.82. The lowest BCUT2D eigenvalue weighted by Gasteiger charge is -2.10. The number of carbonyl (C=O) groups is 2. The van der Waals surface area contributed by atoms with Crippen LogP contribution in [0.3, 0.4) is 0 Å². The van der Waals surface area contributed by atoms with Crippen molar-refractivity contribution in [3.63, 3.8) is 0 Å². The third kappa shape index (κ3) is 3.56. The van der Waals surface area contributed by atoms with Crippen molar-refractivity contribution < 1.29 is 14.3 Å². The molecule has 92 valence electrons.